The average Bonchev–Trinajstić information content (AvgIpc) is 0.865. The molecule has 19 aromatic rings. The minimum Gasteiger partial charge on any atom is -0.261 e. The third kappa shape index (κ3) is 32.9. The molecule has 0 aliphatic heterocycles. The molecule has 19 rings (SSSR count). The van der Waals surface area contributed by atoms with Gasteiger partial charge in [0.05, 0.1) is 40.0 Å². The molecule has 11 heterocycles. The van der Waals surface area contributed by atoms with Crippen molar-refractivity contribution < 1.29 is 22.0 Å². The van der Waals surface area contributed by atoms with Crippen molar-refractivity contribution in [2.75, 3.05) is 0 Å². The zero-order valence-electron chi connectivity index (χ0n) is 70.4. The van der Waals surface area contributed by atoms with Crippen LogP contribution in [0.1, 0.15) is 62.8 Å². The molecule has 0 aliphatic carbocycles. The second-order valence-electron chi connectivity index (χ2n) is 27.2. The largest absolute Gasteiger partial charge is 0.261 e. The molecule has 0 saturated heterocycles. The molecule has 23 heteroatoms. The van der Waals surface area contributed by atoms with Gasteiger partial charge < -0.3 is 0 Å². The van der Waals surface area contributed by atoms with Gasteiger partial charge in [-0.1, -0.05) is 231 Å². The SMILES string of the molecule is Cc1cc(-c2ccccc2)ncn1.Cc1cc(F)nc(F)c1.Cc1cc2ccccc2cn1.Cc1ccc(F)nc1F.Cc1ccc2ccccc2n1.Cc1cccc(F)n1.Cc1ccnc(-c2ccccc2)n1.Cc1cncc(-c2ccccc2)n1.Cc1ncc2ccccc2n1.Cc1nccc(-c2ccccc2)n1.Cc1ncnc(-c2ccccc2)n1. The Morgan fingerprint density at radius 2 is 0.702 bits per heavy atom. The number of hydrogen-bond acceptors (Lipinski definition) is 18. The lowest BCUT2D eigenvalue weighted by Gasteiger charge is -1.99. The van der Waals surface area contributed by atoms with Crippen LogP contribution in [-0.2, 0) is 0 Å². The Morgan fingerprint density at radius 1 is 0.218 bits per heavy atom. The second-order valence-corrected chi connectivity index (χ2v) is 27.2. The summed E-state index contributed by atoms with van der Waals surface area (Å²) in [6.07, 6.45) is 14.0. The second kappa shape index (κ2) is 49.7. The van der Waals surface area contributed by atoms with Crippen LogP contribution in [0, 0.1) is 106 Å². The van der Waals surface area contributed by atoms with Crippen molar-refractivity contribution in [3.8, 4) is 56.5 Å². The fourth-order valence-corrected chi connectivity index (χ4v) is 10.9. The van der Waals surface area contributed by atoms with Crippen molar-refractivity contribution >= 4 is 32.6 Å². The first kappa shape index (κ1) is 92.2. The molecule has 0 aliphatic rings. The Hall–Kier alpha value is -15.7. The summed E-state index contributed by atoms with van der Waals surface area (Å²) in [4.78, 5) is 72.2. The van der Waals surface area contributed by atoms with Crippen molar-refractivity contribution in [2.24, 2.45) is 0 Å². The van der Waals surface area contributed by atoms with Gasteiger partial charge in [0, 0.05) is 109 Å². The Labute approximate surface area is 718 Å². The predicted octanol–water partition coefficient (Wildman–Crippen LogP) is 23.5. The first-order chi connectivity index (χ1) is 60.0. The van der Waals surface area contributed by atoms with Crippen LogP contribution in [0.3, 0.4) is 0 Å². The summed E-state index contributed by atoms with van der Waals surface area (Å²) in [6, 6.07) is 96.0. The lowest BCUT2D eigenvalue weighted by atomic mass is 10.1. The van der Waals surface area contributed by atoms with E-state index in [1.54, 1.807) is 57.1 Å². The van der Waals surface area contributed by atoms with Crippen LogP contribution in [-0.4, -0.2) is 89.7 Å². The number of aromatic nitrogens is 18. The number of pyridine rings is 5. The predicted molar refractivity (Wildman–Crippen MR) is 483 cm³/mol. The number of nitrogens with zero attached hydrogens (tertiary/aromatic N) is 18. The highest BCUT2D eigenvalue weighted by molar-refractivity contribution is 5.82. The van der Waals surface area contributed by atoms with Crippen LogP contribution < -0.4 is 0 Å². The normalized spacial score (nSPS) is 9.94. The Kier molecular flexibility index (Phi) is 36.9. The molecule has 0 N–H and O–H groups in total. The first-order valence-corrected chi connectivity index (χ1v) is 39.1. The van der Waals surface area contributed by atoms with Gasteiger partial charge in [0.2, 0.25) is 29.7 Å². The van der Waals surface area contributed by atoms with Crippen LogP contribution in [0.4, 0.5) is 22.0 Å². The molecule has 0 fully saturated rings. The third-order valence-electron chi connectivity index (χ3n) is 17.0. The average molecular weight is 1650 g/mol. The molecule has 8 aromatic carbocycles. The van der Waals surface area contributed by atoms with Gasteiger partial charge in [-0.15, -0.1) is 0 Å². The number of halogens is 5. The molecule has 0 saturated carbocycles. The summed E-state index contributed by atoms with van der Waals surface area (Å²) < 4.78 is 60.4. The number of benzene rings is 8. The zero-order chi connectivity index (χ0) is 88.2. The monoisotopic (exact) mass is 1650 g/mol. The maximum Gasteiger partial charge on any atom is 0.218 e. The van der Waals surface area contributed by atoms with Crippen LogP contribution in [0.5, 0.6) is 0 Å². The van der Waals surface area contributed by atoms with Gasteiger partial charge in [0.1, 0.15) is 30.1 Å². The van der Waals surface area contributed by atoms with Crippen molar-refractivity contribution in [2.45, 2.75) is 76.2 Å². The summed E-state index contributed by atoms with van der Waals surface area (Å²) >= 11 is 0. The first-order valence-electron chi connectivity index (χ1n) is 39.1. The minimum atomic E-state index is -0.780. The van der Waals surface area contributed by atoms with Gasteiger partial charge in [-0.2, -0.15) is 31.9 Å². The van der Waals surface area contributed by atoms with E-state index in [1.807, 2.05) is 298 Å². The highest BCUT2D eigenvalue weighted by atomic mass is 19.2. The van der Waals surface area contributed by atoms with Crippen molar-refractivity contribution in [1.29, 1.82) is 0 Å². The maximum atomic E-state index is 12.2. The highest BCUT2D eigenvalue weighted by Gasteiger charge is 2.05. The maximum absolute atomic E-state index is 12.2. The smallest absolute Gasteiger partial charge is 0.218 e. The minimum absolute atomic E-state index is 0.358. The Morgan fingerprint density at radius 3 is 1.25 bits per heavy atom. The van der Waals surface area contributed by atoms with Crippen molar-refractivity contribution in [3.05, 3.63) is 446 Å². The van der Waals surface area contributed by atoms with Gasteiger partial charge in [-0.05, 0) is 160 Å². The molecule has 0 bridgehead atoms. The molecule has 0 amide bonds. The lowest BCUT2D eigenvalue weighted by Crippen LogP contribution is -1.93. The van der Waals surface area contributed by atoms with Gasteiger partial charge in [-0.3, -0.25) is 15.0 Å². The summed E-state index contributed by atoms with van der Waals surface area (Å²) in [7, 11) is 0. The molecule has 124 heavy (non-hydrogen) atoms. The molecule has 0 spiro atoms. The molecular formula is C101H91F5N18. The number of aryl methyl sites for hydroxylation is 11. The van der Waals surface area contributed by atoms with Crippen LogP contribution >= 0.6 is 0 Å². The topological polar surface area (TPSA) is 232 Å². The van der Waals surface area contributed by atoms with Crippen molar-refractivity contribution in [3.63, 3.8) is 0 Å². The summed E-state index contributed by atoms with van der Waals surface area (Å²) in [6.45, 7) is 20.4. The summed E-state index contributed by atoms with van der Waals surface area (Å²) in [5.41, 5.74) is 17.1. The molecule has 18 nitrogen and oxygen atoms in total. The van der Waals surface area contributed by atoms with E-state index in [0.717, 1.165) is 125 Å². The van der Waals surface area contributed by atoms with Gasteiger partial charge in [0.15, 0.2) is 11.6 Å². The van der Waals surface area contributed by atoms with E-state index < -0.39 is 29.7 Å². The van der Waals surface area contributed by atoms with Gasteiger partial charge in [-0.25, -0.2) is 64.8 Å². The molecule has 11 aromatic heterocycles. The van der Waals surface area contributed by atoms with E-state index in [-0.39, 0.29) is 0 Å². The Balaban J connectivity index is 0.000000155. The number of fused-ring (bicyclic) bond motifs is 3. The molecule has 620 valence electrons. The fraction of sp³-hybridized carbons (Fsp3) is 0.109. The molecular weight excluding hydrogens is 1560 g/mol. The highest BCUT2D eigenvalue weighted by Crippen LogP contribution is 2.21. The van der Waals surface area contributed by atoms with Crippen molar-refractivity contribution in [1.82, 2.24) is 89.7 Å². The van der Waals surface area contributed by atoms with Crippen LogP contribution in [0.25, 0.3) is 89.1 Å². The van der Waals surface area contributed by atoms with E-state index in [4.69, 9.17) is 0 Å². The molecule has 0 unspecified atom stereocenters. The van der Waals surface area contributed by atoms with E-state index in [2.05, 4.69) is 120 Å². The molecule has 0 radical (unpaired) electrons. The zero-order valence-corrected chi connectivity index (χ0v) is 70.4. The fourth-order valence-electron chi connectivity index (χ4n) is 10.9. The molecule has 0 atom stereocenters. The lowest BCUT2D eigenvalue weighted by molar-refractivity contribution is 0.507. The number of hydrogen-bond donors (Lipinski definition) is 0. The summed E-state index contributed by atoms with van der Waals surface area (Å²) in [5, 5.41) is 4.77. The quantitative estimate of drug-likeness (QED) is 0.115. The van der Waals surface area contributed by atoms with E-state index in [9.17, 15) is 22.0 Å². The van der Waals surface area contributed by atoms with E-state index in [0.29, 0.717) is 16.8 Å². The Bertz CT molecular complexity index is 5710. The summed E-state index contributed by atoms with van der Waals surface area (Å²) in [5.74, 6) is 0.422. The van der Waals surface area contributed by atoms with Gasteiger partial charge in [0.25, 0.3) is 0 Å². The van der Waals surface area contributed by atoms with Gasteiger partial charge >= 0.3 is 0 Å². The third-order valence-corrected chi connectivity index (χ3v) is 17.0. The number of para-hydroxylation sites is 2. The van der Waals surface area contributed by atoms with E-state index in [1.165, 1.54) is 53.7 Å². The van der Waals surface area contributed by atoms with Crippen LogP contribution in [0.2, 0.25) is 0 Å². The standard InChI is InChI=1S/4C11H10N2.C10H9N3.2C10H9N.C9H8N2.2C6H5F2N.C6H6FN/c1-9-7-12-8-11(13-9)10-5-3-2-4-6-10;1-9-7-11(13-8-12-9)10-5-3-2-4-6-10;1-9-12-8-7-11(13-9)10-5-3-2-4-6-10;1-9-7-8-12-11(13-9)10-5-3-2-4-6-10;1-8-11-7-12-10(13-8)9-5-3-2-4-6-9;1-8-6-9-4-2-3-5-10(9)7-11-8;1-8-6-7-9-4-2-3-5-10(9)11-8;1-7-10-6-8-4-2-3-5-9(8)11-7;1-4-2-5(7)9-6(8)3-4;1-4-2-3-5(7)9-6(4)8;1-5-3-2-4-6(7)8-5/h4*2-8H,1H3;2-7H,1H3;2*2-7H,1H3;2-6H,1H3;2*2-3H,1H3;2-4H,1H3. The van der Waals surface area contributed by atoms with E-state index >= 15 is 0 Å². The number of rotatable bonds is 5. The van der Waals surface area contributed by atoms with Crippen LogP contribution in [0.15, 0.2) is 353 Å².